The summed E-state index contributed by atoms with van der Waals surface area (Å²) in [6.07, 6.45) is 82.7. The van der Waals surface area contributed by atoms with Crippen LogP contribution < -0.4 is 0 Å². The van der Waals surface area contributed by atoms with Crippen LogP contribution in [-0.4, -0.2) is 74.9 Å². The predicted molar refractivity (Wildman–Crippen MR) is 334 cm³/mol. The van der Waals surface area contributed by atoms with Crippen molar-refractivity contribution in [1.82, 2.24) is 0 Å². The molecule has 0 bridgehead atoms. The fourth-order valence-electron chi connectivity index (χ4n) is 8.18. The number of phosphoric acid groups is 1. The number of rotatable bonds is 56. The Balaban J connectivity index is 4.19. The van der Waals surface area contributed by atoms with Crippen molar-refractivity contribution >= 4 is 19.8 Å². The van der Waals surface area contributed by atoms with E-state index in [0.717, 1.165) is 103 Å². The zero-order valence-electron chi connectivity index (χ0n) is 50.6. The molecule has 0 rings (SSSR count). The minimum Gasteiger partial charge on any atom is -0.462 e. The number of allylic oxidation sites excluding steroid dienone is 20. The van der Waals surface area contributed by atoms with E-state index in [1.807, 2.05) is 21.1 Å². The van der Waals surface area contributed by atoms with Gasteiger partial charge in [0.05, 0.1) is 27.7 Å². The number of carbonyl (C=O) groups excluding carboxylic acids is 2. The van der Waals surface area contributed by atoms with E-state index >= 15 is 0 Å². The number of likely N-dealkylation sites (N-methyl/N-ethyl adjacent to an activating group) is 1. The summed E-state index contributed by atoms with van der Waals surface area (Å²) in [7, 11) is 1.46. The quantitative estimate of drug-likeness (QED) is 0.0211. The SMILES string of the molecule is CC/C=C\C/C=C\C/C=C\C/C=C\C/C=C\C/C=C\C/C=C\C/C=C\CCCCCCCCCCC(=O)OC(COC(=O)CCCCCCCCCCC/C=C\C/C=C\CCCCCCC)COP(=O)(O)OCC[N+](C)(C)C. The van der Waals surface area contributed by atoms with E-state index in [9.17, 15) is 19.0 Å². The van der Waals surface area contributed by atoms with E-state index in [2.05, 4.69) is 135 Å². The van der Waals surface area contributed by atoms with Crippen molar-refractivity contribution in [2.75, 3.05) is 47.5 Å². The fraction of sp³-hybridized carbons (Fsp3) is 0.676. The number of quaternary nitrogens is 1. The van der Waals surface area contributed by atoms with Crippen LogP contribution >= 0.6 is 7.82 Å². The first-order valence-corrected chi connectivity index (χ1v) is 32.8. The Bertz CT molecular complexity index is 1730. The molecule has 1 N–H and O–H groups in total. The Morgan fingerprint density at radius 3 is 1.09 bits per heavy atom. The van der Waals surface area contributed by atoms with Crippen LogP contribution in [0.5, 0.6) is 0 Å². The van der Waals surface area contributed by atoms with Crippen molar-refractivity contribution in [1.29, 1.82) is 0 Å². The number of hydrogen-bond acceptors (Lipinski definition) is 7. The summed E-state index contributed by atoms with van der Waals surface area (Å²) in [6, 6.07) is 0. The third-order valence-corrected chi connectivity index (χ3v) is 14.0. The molecule has 0 radical (unpaired) electrons. The number of esters is 2. The molecular formula is C68H117NO8P+. The van der Waals surface area contributed by atoms with Gasteiger partial charge in [-0.05, 0) is 109 Å². The molecule has 2 atom stereocenters. The van der Waals surface area contributed by atoms with Gasteiger partial charge in [-0.1, -0.05) is 245 Å². The van der Waals surface area contributed by atoms with E-state index in [0.29, 0.717) is 17.4 Å². The average Bonchev–Trinajstić information content (AvgIpc) is 3.41. The Kier molecular flexibility index (Phi) is 55.4. The molecule has 10 heteroatoms. The van der Waals surface area contributed by atoms with Crippen LogP contribution in [0.15, 0.2) is 122 Å². The molecule has 0 heterocycles. The van der Waals surface area contributed by atoms with Gasteiger partial charge in [0.15, 0.2) is 6.10 Å². The lowest BCUT2D eigenvalue weighted by atomic mass is 10.1. The maximum absolute atomic E-state index is 12.8. The Labute approximate surface area is 479 Å². The fourth-order valence-corrected chi connectivity index (χ4v) is 8.92. The molecule has 0 aromatic carbocycles. The van der Waals surface area contributed by atoms with Gasteiger partial charge in [-0.25, -0.2) is 4.57 Å². The molecule has 2 unspecified atom stereocenters. The smallest absolute Gasteiger partial charge is 0.462 e. The summed E-state index contributed by atoms with van der Waals surface area (Å²) in [4.78, 5) is 35.8. The van der Waals surface area contributed by atoms with Crippen LogP contribution in [0, 0.1) is 0 Å². The van der Waals surface area contributed by atoms with Crippen LogP contribution in [-0.2, 0) is 32.7 Å². The molecule has 0 aliphatic rings. The Morgan fingerprint density at radius 2 is 0.731 bits per heavy atom. The number of phosphoric ester groups is 1. The first-order valence-electron chi connectivity index (χ1n) is 31.3. The van der Waals surface area contributed by atoms with Crippen LogP contribution in [0.25, 0.3) is 0 Å². The van der Waals surface area contributed by atoms with Gasteiger partial charge < -0.3 is 18.9 Å². The molecule has 0 saturated carbocycles. The summed E-state index contributed by atoms with van der Waals surface area (Å²) in [5.41, 5.74) is 0. The average molecular weight is 1110 g/mol. The monoisotopic (exact) mass is 1110 g/mol. The van der Waals surface area contributed by atoms with Crippen molar-refractivity contribution < 1.29 is 42.1 Å². The third kappa shape index (κ3) is 61.6. The summed E-state index contributed by atoms with van der Waals surface area (Å²) in [5, 5.41) is 0. The Morgan fingerprint density at radius 1 is 0.410 bits per heavy atom. The van der Waals surface area contributed by atoms with E-state index < -0.39 is 26.5 Å². The molecule has 0 aliphatic heterocycles. The number of hydrogen-bond donors (Lipinski definition) is 1. The molecule has 78 heavy (non-hydrogen) atoms. The van der Waals surface area contributed by atoms with Crippen molar-refractivity contribution in [2.45, 2.75) is 251 Å². The molecule has 0 aromatic heterocycles. The highest BCUT2D eigenvalue weighted by Gasteiger charge is 2.27. The van der Waals surface area contributed by atoms with Gasteiger partial charge in [0.2, 0.25) is 0 Å². The third-order valence-electron chi connectivity index (χ3n) is 13.0. The van der Waals surface area contributed by atoms with Crippen LogP contribution in [0.2, 0.25) is 0 Å². The number of unbranched alkanes of at least 4 members (excludes halogenated alkanes) is 22. The number of nitrogens with zero attached hydrogens (tertiary/aromatic N) is 1. The minimum atomic E-state index is -4.40. The van der Waals surface area contributed by atoms with Gasteiger partial charge in [0.25, 0.3) is 0 Å². The van der Waals surface area contributed by atoms with Gasteiger partial charge in [0.1, 0.15) is 19.8 Å². The molecule has 446 valence electrons. The summed E-state index contributed by atoms with van der Waals surface area (Å²) >= 11 is 0. The molecule has 0 fully saturated rings. The van der Waals surface area contributed by atoms with E-state index in [4.69, 9.17) is 18.5 Å². The second kappa shape index (κ2) is 58.1. The minimum absolute atomic E-state index is 0.0233. The standard InChI is InChI=1S/C68H116NO8P/c1-6-8-10-12-14-16-18-20-22-24-26-28-29-30-31-32-33-34-35-36-37-38-39-41-43-45-47-49-51-53-55-57-59-61-68(71)77-66(65-76-78(72,73)75-63-62-69(3,4)5)64-74-67(70)60-58-56-54-52-50-48-46-44-42-40-27-25-23-21-19-17-15-13-11-9-7-2/h8,10,14,16,19-22,25-28,30-31,33-34,36-37,39,41,66H,6-7,9,11-13,15,17-18,23-24,29,32,35,38,40,42-65H2,1-5H3/p+1/b10-8-,16-14-,21-19-,22-20-,27-25-,28-26-,31-30-,34-33-,37-36-,41-39-. The van der Waals surface area contributed by atoms with Gasteiger partial charge in [0, 0.05) is 12.8 Å². The van der Waals surface area contributed by atoms with Crippen LogP contribution in [0.3, 0.4) is 0 Å². The van der Waals surface area contributed by atoms with E-state index in [1.165, 1.54) is 109 Å². The molecule has 0 aromatic rings. The lowest BCUT2D eigenvalue weighted by Crippen LogP contribution is -2.37. The normalized spacial score (nSPS) is 14.1. The molecule has 0 spiro atoms. The first kappa shape index (κ1) is 74.4. The topological polar surface area (TPSA) is 108 Å². The van der Waals surface area contributed by atoms with Crippen LogP contribution in [0.4, 0.5) is 0 Å². The van der Waals surface area contributed by atoms with Crippen molar-refractivity contribution in [3.63, 3.8) is 0 Å². The highest BCUT2D eigenvalue weighted by molar-refractivity contribution is 7.47. The summed E-state index contributed by atoms with van der Waals surface area (Å²) < 4.78 is 34.6. The second-order valence-electron chi connectivity index (χ2n) is 21.7. The second-order valence-corrected chi connectivity index (χ2v) is 23.2. The van der Waals surface area contributed by atoms with E-state index in [1.54, 1.807) is 0 Å². The molecule has 9 nitrogen and oxygen atoms in total. The number of ether oxygens (including phenoxy) is 2. The zero-order valence-corrected chi connectivity index (χ0v) is 51.5. The highest BCUT2D eigenvalue weighted by Crippen LogP contribution is 2.43. The number of carbonyl (C=O) groups is 2. The molecule has 0 amide bonds. The zero-order chi connectivity index (χ0) is 57.0. The summed E-state index contributed by atoms with van der Waals surface area (Å²) in [6.45, 7) is 4.29. The van der Waals surface area contributed by atoms with Crippen molar-refractivity contribution in [3.8, 4) is 0 Å². The van der Waals surface area contributed by atoms with Gasteiger partial charge in [-0.15, -0.1) is 0 Å². The van der Waals surface area contributed by atoms with Gasteiger partial charge >= 0.3 is 19.8 Å². The highest BCUT2D eigenvalue weighted by atomic mass is 31.2. The lowest BCUT2D eigenvalue weighted by molar-refractivity contribution is -0.870. The van der Waals surface area contributed by atoms with Crippen molar-refractivity contribution in [2.24, 2.45) is 0 Å². The molecule has 0 saturated heterocycles. The predicted octanol–water partition coefficient (Wildman–Crippen LogP) is 19.9. The van der Waals surface area contributed by atoms with Gasteiger partial charge in [-0.2, -0.15) is 0 Å². The molecular weight excluding hydrogens is 990 g/mol. The maximum atomic E-state index is 12.8. The van der Waals surface area contributed by atoms with Crippen molar-refractivity contribution in [3.05, 3.63) is 122 Å². The molecule has 0 aliphatic carbocycles. The first-order chi connectivity index (χ1) is 38.0. The van der Waals surface area contributed by atoms with Gasteiger partial charge in [-0.3, -0.25) is 18.6 Å². The van der Waals surface area contributed by atoms with E-state index in [-0.39, 0.29) is 32.0 Å². The summed E-state index contributed by atoms with van der Waals surface area (Å²) in [5.74, 6) is -0.816. The largest absolute Gasteiger partial charge is 0.472 e. The Hall–Kier alpha value is -3.59. The maximum Gasteiger partial charge on any atom is 0.472 e. The van der Waals surface area contributed by atoms with Crippen LogP contribution in [0.1, 0.15) is 245 Å². The lowest BCUT2D eigenvalue weighted by Gasteiger charge is -2.24.